The average molecular weight is 392 g/mol. The van der Waals surface area contributed by atoms with E-state index in [1.807, 2.05) is 20.0 Å². The van der Waals surface area contributed by atoms with Crippen molar-refractivity contribution < 1.29 is 8.42 Å². The molecular formula is C17H18ClN5O2S. The van der Waals surface area contributed by atoms with Gasteiger partial charge in [0, 0.05) is 49.6 Å². The highest BCUT2D eigenvalue weighted by atomic mass is 35.5. The number of H-pyrrole nitrogens is 1. The van der Waals surface area contributed by atoms with Crippen molar-refractivity contribution >= 4 is 21.6 Å². The quantitative estimate of drug-likeness (QED) is 0.743. The van der Waals surface area contributed by atoms with Gasteiger partial charge in [-0.2, -0.15) is 14.5 Å². The van der Waals surface area contributed by atoms with E-state index in [0.29, 0.717) is 19.5 Å². The summed E-state index contributed by atoms with van der Waals surface area (Å²) in [5, 5.41) is 11.5. The van der Waals surface area contributed by atoms with Crippen molar-refractivity contribution in [1.82, 2.24) is 24.3 Å². The molecule has 0 unspecified atom stereocenters. The zero-order chi connectivity index (χ0) is 18.5. The molecule has 4 rings (SSSR count). The van der Waals surface area contributed by atoms with E-state index in [2.05, 4.69) is 15.3 Å². The standard InChI is InChI=1S/C17H18ClN5O2S/c1-11-13-10-23(8-6-15(13)21-20-11)26(24,25)17-4-3-12(9-14(17)18)16-5-7-19-22(16)2/h3-5,7,9H,6,8,10H2,1-2H3,(H,20,21). The second kappa shape index (κ2) is 6.22. The van der Waals surface area contributed by atoms with Crippen molar-refractivity contribution in [1.29, 1.82) is 0 Å². The lowest BCUT2D eigenvalue weighted by Crippen LogP contribution is -2.36. The predicted octanol–water partition coefficient (Wildman–Crippen LogP) is 2.52. The first-order valence-corrected chi connectivity index (χ1v) is 10.0. The van der Waals surface area contributed by atoms with Crippen LogP contribution in [-0.4, -0.2) is 39.2 Å². The zero-order valence-corrected chi connectivity index (χ0v) is 16.0. The minimum atomic E-state index is -3.69. The van der Waals surface area contributed by atoms with Crippen LogP contribution in [0.25, 0.3) is 11.3 Å². The molecule has 1 aliphatic rings. The summed E-state index contributed by atoms with van der Waals surface area (Å²) >= 11 is 6.36. The molecule has 0 fully saturated rings. The van der Waals surface area contributed by atoms with Crippen LogP contribution in [-0.2, 0) is 30.0 Å². The van der Waals surface area contributed by atoms with Crippen molar-refractivity contribution in [3.63, 3.8) is 0 Å². The fourth-order valence-electron chi connectivity index (χ4n) is 3.28. The summed E-state index contributed by atoms with van der Waals surface area (Å²) in [6.45, 7) is 2.59. The van der Waals surface area contributed by atoms with E-state index in [0.717, 1.165) is 28.2 Å². The molecule has 2 aromatic heterocycles. The van der Waals surface area contributed by atoms with Crippen molar-refractivity contribution in [2.45, 2.75) is 24.8 Å². The Morgan fingerprint density at radius 1 is 1.27 bits per heavy atom. The molecule has 0 atom stereocenters. The fourth-order valence-corrected chi connectivity index (χ4v) is 5.20. The molecule has 0 bridgehead atoms. The molecular weight excluding hydrogens is 374 g/mol. The van der Waals surface area contributed by atoms with Crippen molar-refractivity contribution in [2.75, 3.05) is 6.54 Å². The van der Waals surface area contributed by atoms with Crippen LogP contribution in [0.3, 0.4) is 0 Å². The maximum absolute atomic E-state index is 13.1. The normalized spacial score (nSPS) is 15.2. The summed E-state index contributed by atoms with van der Waals surface area (Å²) in [7, 11) is -1.86. The number of benzene rings is 1. The highest BCUT2D eigenvalue weighted by molar-refractivity contribution is 7.89. The third-order valence-electron chi connectivity index (χ3n) is 4.76. The first-order valence-electron chi connectivity index (χ1n) is 8.18. The molecule has 136 valence electrons. The van der Waals surface area contributed by atoms with Gasteiger partial charge in [-0.1, -0.05) is 17.7 Å². The molecule has 9 heteroatoms. The molecule has 1 N–H and O–H groups in total. The summed E-state index contributed by atoms with van der Waals surface area (Å²) in [6, 6.07) is 6.85. The van der Waals surface area contributed by atoms with Crippen molar-refractivity contribution in [3.8, 4) is 11.3 Å². The molecule has 1 aromatic carbocycles. The number of nitrogens with one attached hydrogen (secondary N) is 1. The lowest BCUT2D eigenvalue weighted by atomic mass is 10.1. The summed E-state index contributed by atoms with van der Waals surface area (Å²) in [5.41, 5.74) is 4.47. The molecule has 1 aliphatic heterocycles. The maximum atomic E-state index is 13.1. The van der Waals surface area contributed by atoms with E-state index in [9.17, 15) is 8.42 Å². The van der Waals surface area contributed by atoms with Crippen LogP contribution in [0.2, 0.25) is 5.02 Å². The molecule has 0 spiro atoms. The molecule has 3 heterocycles. The van der Waals surface area contributed by atoms with Crippen LogP contribution in [0, 0.1) is 6.92 Å². The number of fused-ring (bicyclic) bond motifs is 1. The summed E-state index contributed by atoms with van der Waals surface area (Å²) in [6.07, 6.45) is 2.27. The highest BCUT2D eigenvalue weighted by Gasteiger charge is 2.32. The Morgan fingerprint density at radius 3 is 2.77 bits per heavy atom. The molecule has 26 heavy (non-hydrogen) atoms. The van der Waals surface area contributed by atoms with E-state index in [1.54, 1.807) is 29.1 Å². The first-order chi connectivity index (χ1) is 12.4. The fraction of sp³-hybridized carbons (Fsp3) is 0.294. The lowest BCUT2D eigenvalue weighted by molar-refractivity contribution is 0.389. The largest absolute Gasteiger partial charge is 0.282 e. The average Bonchev–Trinajstić information content (AvgIpc) is 3.20. The number of aromatic amines is 1. The van der Waals surface area contributed by atoms with E-state index >= 15 is 0 Å². The number of hydrogen-bond acceptors (Lipinski definition) is 4. The summed E-state index contributed by atoms with van der Waals surface area (Å²) in [5.74, 6) is 0. The smallest absolute Gasteiger partial charge is 0.244 e. The zero-order valence-electron chi connectivity index (χ0n) is 14.4. The van der Waals surface area contributed by atoms with Gasteiger partial charge in [0.15, 0.2) is 0 Å². The van der Waals surface area contributed by atoms with E-state index < -0.39 is 10.0 Å². The van der Waals surface area contributed by atoms with Gasteiger partial charge in [-0.3, -0.25) is 9.78 Å². The summed E-state index contributed by atoms with van der Waals surface area (Å²) < 4.78 is 29.4. The lowest BCUT2D eigenvalue weighted by Gasteiger charge is -2.26. The van der Waals surface area contributed by atoms with Gasteiger partial charge in [0.25, 0.3) is 0 Å². The van der Waals surface area contributed by atoms with Gasteiger partial charge in [0.05, 0.1) is 16.4 Å². The van der Waals surface area contributed by atoms with E-state index in [1.165, 1.54) is 4.31 Å². The molecule has 0 saturated heterocycles. The van der Waals surface area contributed by atoms with Gasteiger partial charge < -0.3 is 0 Å². The van der Waals surface area contributed by atoms with E-state index in [4.69, 9.17) is 11.6 Å². The van der Waals surface area contributed by atoms with Crippen LogP contribution >= 0.6 is 11.6 Å². The minimum absolute atomic E-state index is 0.120. The third kappa shape index (κ3) is 2.74. The van der Waals surface area contributed by atoms with Gasteiger partial charge in [-0.25, -0.2) is 8.42 Å². The molecule has 0 aliphatic carbocycles. The van der Waals surface area contributed by atoms with Gasteiger partial charge in [0.2, 0.25) is 10.0 Å². The number of nitrogens with zero attached hydrogens (tertiary/aromatic N) is 4. The Bertz CT molecular complexity index is 1090. The number of aryl methyl sites for hydroxylation is 2. The van der Waals surface area contributed by atoms with Crippen molar-refractivity contribution in [2.24, 2.45) is 7.05 Å². The van der Waals surface area contributed by atoms with Crippen LogP contribution < -0.4 is 0 Å². The van der Waals surface area contributed by atoms with Gasteiger partial charge in [-0.15, -0.1) is 0 Å². The topological polar surface area (TPSA) is 83.9 Å². The van der Waals surface area contributed by atoms with Crippen molar-refractivity contribution in [3.05, 3.63) is 52.4 Å². The Kier molecular flexibility index (Phi) is 4.13. The summed E-state index contributed by atoms with van der Waals surface area (Å²) in [4.78, 5) is 0.120. The number of hydrogen-bond donors (Lipinski definition) is 1. The second-order valence-corrected chi connectivity index (χ2v) is 8.66. The number of sulfonamides is 1. The Morgan fingerprint density at radius 2 is 2.08 bits per heavy atom. The monoisotopic (exact) mass is 391 g/mol. The molecule has 0 saturated carbocycles. The SMILES string of the molecule is Cc1[nH]nc2c1CN(S(=O)(=O)c1ccc(-c3ccnn3C)cc1Cl)CC2. The predicted molar refractivity (Wildman–Crippen MR) is 98.3 cm³/mol. The molecule has 3 aromatic rings. The Labute approximate surface area is 156 Å². The molecule has 0 radical (unpaired) electrons. The maximum Gasteiger partial charge on any atom is 0.244 e. The second-order valence-electron chi connectivity index (χ2n) is 6.35. The Hall–Kier alpha value is -2.16. The van der Waals surface area contributed by atoms with Gasteiger partial charge >= 0.3 is 0 Å². The van der Waals surface area contributed by atoms with E-state index in [-0.39, 0.29) is 9.92 Å². The highest BCUT2D eigenvalue weighted by Crippen LogP contribution is 2.32. The molecule has 0 amide bonds. The van der Waals surface area contributed by atoms with Gasteiger partial charge in [0.1, 0.15) is 4.90 Å². The number of rotatable bonds is 3. The van der Waals surface area contributed by atoms with Crippen LogP contribution in [0.4, 0.5) is 0 Å². The van der Waals surface area contributed by atoms with Crippen LogP contribution in [0.15, 0.2) is 35.4 Å². The number of aromatic nitrogens is 4. The van der Waals surface area contributed by atoms with Crippen LogP contribution in [0.5, 0.6) is 0 Å². The minimum Gasteiger partial charge on any atom is -0.282 e. The third-order valence-corrected chi connectivity index (χ3v) is 7.09. The Balaban J connectivity index is 1.69. The van der Waals surface area contributed by atoms with Crippen LogP contribution in [0.1, 0.15) is 17.0 Å². The first kappa shape index (κ1) is 17.3. The number of halogens is 1. The molecule has 7 nitrogen and oxygen atoms in total. The van der Waals surface area contributed by atoms with Gasteiger partial charge in [-0.05, 0) is 25.1 Å².